The van der Waals surface area contributed by atoms with E-state index in [4.69, 9.17) is 25.8 Å². The van der Waals surface area contributed by atoms with Gasteiger partial charge in [0.15, 0.2) is 0 Å². The molecule has 2 atom stereocenters. The van der Waals surface area contributed by atoms with Gasteiger partial charge in [0.2, 0.25) is 0 Å². The number of halogens is 2. The Balaban J connectivity index is 2.01. The molecule has 0 aliphatic carbocycles. The normalized spacial score (nSPS) is 13.4. The van der Waals surface area contributed by atoms with Gasteiger partial charge >= 0.3 is 5.97 Å². The molecule has 0 radical (unpaired) electrons. The minimum absolute atomic E-state index is 0.115. The second-order valence-corrected chi connectivity index (χ2v) is 8.25. The van der Waals surface area contributed by atoms with Crippen LogP contribution in [-0.4, -0.2) is 37.8 Å². The highest BCUT2D eigenvalue weighted by Gasteiger charge is 2.23. The maximum Gasteiger partial charge on any atom is 0.303 e. The SMILES string of the molecule is CC(=O)O[C@@H](CCl)COc1ccc(C(C)(C)c2ccc(OC[C@@H](C)CF)cc2)cc1. The number of rotatable bonds is 11. The van der Waals surface area contributed by atoms with Crippen molar-refractivity contribution in [3.8, 4) is 11.5 Å². The predicted molar refractivity (Wildman–Crippen MR) is 117 cm³/mol. The smallest absolute Gasteiger partial charge is 0.303 e. The lowest BCUT2D eigenvalue weighted by Gasteiger charge is -2.26. The van der Waals surface area contributed by atoms with Crippen molar-refractivity contribution in [2.75, 3.05) is 25.8 Å². The number of carbonyl (C=O) groups is 1. The van der Waals surface area contributed by atoms with Gasteiger partial charge in [0, 0.05) is 18.3 Å². The lowest BCUT2D eigenvalue weighted by Crippen LogP contribution is -2.25. The molecule has 0 aliphatic rings. The standard InChI is InChI=1S/C24H30ClFO4/c1-17(14-26)15-28-21-9-5-19(6-10-21)24(3,4)20-7-11-22(12-8-20)29-16-23(13-25)30-18(2)27/h5-12,17,23H,13-16H2,1-4H3/t17-,23-/m0/s1. The van der Waals surface area contributed by atoms with Crippen LogP contribution in [0.1, 0.15) is 38.8 Å². The predicted octanol–water partition coefficient (Wildman–Crippen LogP) is 5.55. The van der Waals surface area contributed by atoms with Crippen LogP contribution >= 0.6 is 11.6 Å². The first kappa shape index (κ1) is 24.0. The van der Waals surface area contributed by atoms with Crippen LogP contribution in [0.3, 0.4) is 0 Å². The average molecular weight is 437 g/mol. The molecule has 0 amide bonds. The molecule has 0 aromatic heterocycles. The van der Waals surface area contributed by atoms with E-state index in [0.717, 1.165) is 16.9 Å². The Bertz CT molecular complexity index is 790. The molecule has 0 saturated carbocycles. The van der Waals surface area contributed by atoms with Crippen molar-refractivity contribution in [2.45, 2.75) is 39.2 Å². The molecule has 0 heterocycles. The van der Waals surface area contributed by atoms with E-state index in [1.165, 1.54) is 6.92 Å². The Kier molecular flexibility index (Phi) is 8.97. The Morgan fingerprint density at radius 1 is 0.967 bits per heavy atom. The Morgan fingerprint density at radius 3 is 1.83 bits per heavy atom. The maximum atomic E-state index is 12.6. The van der Waals surface area contributed by atoms with Crippen LogP contribution in [0.4, 0.5) is 4.39 Å². The summed E-state index contributed by atoms with van der Waals surface area (Å²) in [7, 11) is 0. The number of hydrogen-bond acceptors (Lipinski definition) is 4. The van der Waals surface area contributed by atoms with E-state index in [1.54, 1.807) is 0 Å². The molecule has 2 rings (SSSR count). The van der Waals surface area contributed by atoms with E-state index >= 15 is 0 Å². The molecule has 0 unspecified atom stereocenters. The summed E-state index contributed by atoms with van der Waals surface area (Å²) < 4.78 is 29.0. The van der Waals surface area contributed by atoms with Crippen LogP contribution in [0.15, 0.2) is 48.5 Å². The Hall–Kier alpha value is -2.27. The van der Waals surface area contributed by atoms with E-state index in [2.05, 4.69) is 13.8 Å². The molecule has 30 heavy (non-hydrogen) atoms. The van der Waals surface area contributed by atoms with E-state index in [1.807, 2.05) is 55.5 Å². The first-order chi connectivity index (χ1) is 14.3. The summed E-state index contributed by atoms with van der Waals surface area (Å²) in [5.41, 5.74) is 2.04. The summed E-state index contributed by atoms with van der Waals surface area (Å²) in [6.45, 7) is 7.64. The monoisotopic (exact) mass is 436 g/mol. The van der Waals surface area contributed by atoms with Crippen molar-refractivity contribution in [1.29, 1.82) is 0 Å². The van der Waals surface area contributed by atoms with Crippen LogP contribution < -0.4 is 9.47 Å². The highest BCUT2D eigenvalue weighted by Crippen LogP contribution is 2.33. The summed E-state index contributed by atoms with van der Waals surface area (Å²) in [6.07, 6.45) is -0.478. The number of carbonyl (C=O) groups excluding carboxylic acids is 1. The number of alkyl halides is 2. The minimum atomic E-state index is -0.478. The topological polar surface area (TPSA) is 44.8 Å². The molecule has 0 bridgehead atoms. The van der Waals surface area contributed by atoms with Gasteiger partial charge in [-0.15, -0.1) is 11.6 Å². The Morgan fingerprint density at radius 2 is 1.43 bits per heavy atom. The summed E-state index contributed by atoms with van der Waals surface area (Å²) in [6, 6.07) is 15.7. The van der Waals surface area contributed by atoms with Crippen molar-refractivity contribution >= 4 is 17.6 Å². The lowest BCUT2D eigenvalue weighted by atomic mass is 9.78. The summed E-state index contributed by atoms with van der Waals surface area (Å²) in [4.78, 5) is 11.1. The average Bonchev–Trinajstić information content (AvgIpc) is 2.75. The first-order valence-corrected chi connectivity index (χ1v) is 10.6. The zero-order valence-electron chi connectivity index (χ0n) is 18.0. The van der Waals surface area contributed by atoms with Gasteiger partial charge in [-0.3, -0.25) is 9.18 Å². The molecule has 2 aromatic rings. The molecule has 0 fully saturated rings. The summed E-state index contributed by atoms with van der Waals surface area (Å²) in [5, 5.41) is 0. The van der Waals surface area contributed by atoms with Crippen LogP contribution in [0.25, 0.3) is 0 Å². The van der Waals surface area contributed by atoms with Crippen molar-refractivity contribution in [1.82, 2.24) is 0 Å². The lowest BCUT2D eigenvalue weighted by molar-refractivity contribution is -0.146. The van der Waals surface area contributed by atoms with Crippen molar-refractivity contribution in [2.24, 2.45) is 5.92 Å². The van der Waals surface area contributed by atoms with Gasteiger partial charge in [-0.05, 0) is 35.4 Å². The first-order valence-electron chi connectivity index (χ1n) is 10.0. The summed E-state index contributed by atoms with van der Waals surface area (Å²) in [5.74, 6) is 1.10. The third-order valence-corrected chi connectivity index (χ3v) is 5.23. The molecular formula is C24H30ClFO4. The number of hydrogen-bond donors (Lipinski definition) is 0. The van der Waals surface area contributed by atoms with Gasteiger partial charge in [-0.25, -0.2) is 0 Å². The van der Waals surface area contributed by atoms with Crippen molar-refractivity contribution in [3.05, 3.63) is 59.7 Å². The quantitative estimate of drug-likeness (QED) is 0.342. The molecule has 6 heteroatoms. The van der Waals surface area contributed by atoms with Crippen LogP contribution in [0.2, 0.25) is 0 Å². The van der Waals surface area contributed by atoms with Crippen LogP contribution in [0.5, 0.6) is 11.5 Å². The largest absolute Gasteiger partial charge is 0.493 e. The molecule has 4 nitrogen and oxygen atoms in total. The third kappa shape index (κ3) is 6.91. The molecule has 0 saturated heterocycles. The molecule has 164 valence electrons. The number of benzene rings is 2. The van der Waals surface area contributed by atoms with Crippen LogP contribution in [0, 0.1) is 5.92 Å². The van der Waals surface area contributed by atoms with Gasteiger partial charge in [0.1, 0.15) is 24.2 Å². The summed E-state index contributed by atoms with van der Waals surface area (Å²) >= 11 is 5.80. The van der Waals surface area contributed by atoms with E-state index in [-0.39, 0.29) is 36.5 Å². The van der Waals surface area contributed by atoms with Crippen LogP contribution in [-0.2, 0) is 14.9 Å². The van der Waals surface area contributed by atoms with Gasteiger partial charge in [0.05, 0.1) is 19.2 Å². The molecule has 0 aliphatic heterocycles. The van der Waals surface area contributed by atoms with Gasteiger partial charge in [0.25, 0.3) is 0 Å². The fourth-order valence-electron chi connectivity index (χ4n) is 2.92. The highest BCUT2D eigenvalue weighted by atomic mass is 35.5. The minimum Gasteiger partial charge on any atom is -0.493 e. The zero-order valence-corrected chi connectivity index (χ0v) is 18.7. The van der Waals surface area contributed by atoms with Gasteiger partial charge in [-0.2, -0.15) is 0 Å². The maximum absolute atomic E-state index is 12.6. The van der Waals surface area contributed by atoms with Gasteiger partial charge < -0.3 is 14.2 Å². The van der Waals surface area contributed by atoms with E-state index in [9.17, 15) is 9.18 Å². The Labute approximate surface area is 183 Å². The third-order valence-electron chi connectivity index (χ3n) is 4.89. The number of esters is 1. The second-order valence-electron chi connectivity index (χ2n) is 7.94. The molecular weight excluding hydrogens is 407 g/mol. The van der Waals surface area contributed by atoms with E-state index in [0.29, 0.717) is 12.4 Å². The molecule has 0 spiro atoms. The second kappa shape index (κ2) is 11.2. The number of ether oxygens (including phenoxy) is 3. The fraction of sp³-hybridized carbons (Fsp3) is 0.458. The molecule has 0 N–H and O–H groups in total. The van der Waals surface area contributed by atoms with Crippen molar-refractivity contribution in [3.63, 3.8) is 0 Å². The molecule has 2 aromatic carbocycles. The van der Waals surface area contributed by atoms with Crippen molar-refractivity contribution < 1.29 is 23.4 Å². The highest BCUT2D eigenvalue weighted by molar-refractivity contribution is 6.18. The zero-order chi connectivity index (χ0) is 22.1. The van der Waals surface area contributed by atoms with Gasteiger partial charge in [-0.1, -0.05) is 45.0 Å². The van der Waals surface area contributed by atoms with E-state index < -0.39 is 6.10 Å². The fourth-order valence-corrected chi connectivity index (χ4v) is 3.07.